The average Bonchev–Trinajstić information content (AvgIpc) is 2.34. The van der Waals surface area contributed by atoms with Crippen LogP contribution in [0.5, 0.6) is 5.88 Å². The largest absolute Gasteiger partial charge is 0.494 e. The summed E-state index contributed by atoms with van der Waals surface area (Å²) in [5.74, 6) is -2.08. The minimum absolute atomic E-state index is 0.0353. The first-order valence-corrected chi connectivity index (χ1v) is 9.31. The van der Waals surface area contributed by atoms with Crippen LogP contribution in [-0.4, -0.2) is 42.4 Å². The molecule has 4 N–H and O–H groups in total. The van der Waals surface area contributed by atoms with Crippen LogP contribution in [0.4, 0.5) is 0 Å². The van der Waals surface area contributed by atoms with Crippen molar-refractivity contribution < 1.29 is 35.5 Å². The number of amides is 1. The number of primary amides is 1. The fraction of sp³-hybridized carbons (Fsp3) is 0.455. The summed E-state index contributed by atoms with van der Waals surface area (Å²) in [4.78, 5) is 23.4. The maximum Gasteiger partial charge on any atom is 0.398 e. The molecule has 24 heavy (non-hydrogen) atoms. The lowest BCUT2D eigenvalue weighted by molar-refractivity contribution is 0.0995. The van der Waals surface area contributed by atoms with Gasteiger partial charge in [0.15, 0.2) is 15.3 Å². The van der Waals surface area contributed by atoms with E-state index in [1.54, 1.807) is 0 Å². The number of nitrogens with zero attached hydrogens (tertiary/aromatic N) is 1. The molecule has 11 nitrogen and oxygen atoms in total. The molecule has 0 aliphatic rings. The van der Waals surface area contributed by atoms with E-state index < -0.39 is 54.0 Å². The molecule has 0 aromatic carbocycles. The number of sulfone groups is 1. The second kappa shape index (κ2) is 6.51. The second-order valence-corrected chi connectivity index (χ2v) is 8.45. The van der Waals surface area contributed by atoms with E-state index in [-0.39, 0.29) is 5.56 Å². The summed E-state index contributed by atoms with van der Waals surface area (Å²) in [6.45, 7) is 3.08. The number of aromatic nitrogens is 1. The Hall–Kier alpha value is -1.96. The van der Waals surface area contributed by atoms with Crippen LogP contribution in [0, 0.1) is 6.92 Å². The lowest BCUT2D eigenvalue weighted by Gasteiger charge is -2.22. The first-order valence-electron chi connectivity index (χ1n) is 6.33. The lowest BCUT2D eigenvalue weighted by atomic mass is 10.1. The predicted octanol–water partition coefficient (Wildman–Crippen LogP) is -0.940. The first kappa shape index (κ1) is 20.1. The van der Waals surface area contributed by atoms with Gasteiger partial charge in [-0.25, -0.2) is 12.6 Å². The Bertz CT molecular complexity index is 931. The monoisotopic (exact) mass is 384 g/mol. The molecule has 1 rings (SSSR count). The van der Waals surface area contributed by atoms with Gasteiger partial charge in [-0.05, 0) is 26.3 Å². The van der Waals surface area contributed by atoms with E-state index in [0.29, 0.717) is 4.57 Å². The van der Waals surface area contributed by atoms with Gasteiger partial charge in [0, 0.05) is 6.07 Å². The van der Waals surface area contributed by atoms with Crippen LogP contribution in [0.15, 0.2) is 10.9 Å². The van der Waals surface area contributed by atoms with Crippen LogP contribution in [0.2, 0.25) is 0 Å². The van der Waals surface area contributed by atoms with Crippen LogP contribution >= 0.6 is 0 Å². The maximum absolute atomic E-state index is 12.3. The average molecular weight is 384 g/mol. The highest BCUT2D eigenvalue weighted by Crippen LogP contribution is 2.27. The molecule has 0 saturated heterocycles. The van der Waals surface area contributed by atoms with Crippen LogP contribution in [0.1, 0.15) is 35.1 Å². The van der Waals surface area contributed by atoms with E-state index in [1.165, 1.54) is 6.92 Å². The molecule has 2 atom stereocenters. The first-order chi connectivity index (χ1) is 10.7. The summed E-state index contributed by atoms with van der Waals surface area (Å²) in [5.41, 5.74) is 1.63. The Balaban J connectivity index is 3.54. The quantitative estimate of drug-likeness (QED) is 0.521. The van der Waals surface area contributed by atoms with Gasteiger partial charge in [-0.2, -0.15) is 8.42 Å². The lowest BCUT2D eigenvalue weighted by Crippen LogP contribution is -2.35. The Labute approximate surface area is 137 Å². The summed E-state index contributed by atoms with van der Waals surface area (Å²) >= 11 is 0. The van der Waals surface area contributed by atoms with Crippen molar-refractivity contribution in [2.75, 3.05) is 0 Å². The number of carbonyl (C=O) groups excluding carboxylic acids is 1. The highest BCUT2D eigenvalue weighted by molar-refractivity contribution is 7.92. The van der Waals surface area contributed by atoms with Crippen LogP contribution in [0.3, 0.4) is 0 Å². The van der Waals surface area contributed by atoms with Crippen molar-refractivity contribution in [2.45, 2.75) is 31.6 Å². The Kier molecular flexibility index (Phi) is 5.44. The van der Waals surface area contributed by atoms with Crippen molar-refractivity contribution in [3.63, 3.8) is 0 Å². The van der Waals surface area contributed by atoms with Gasteiger partial charge in [-0.3, -0.25) is 18.7 Å². The molecule has 0 spiro atoms. The zero-order valence-corrected chi connectivity index (χ0v) is 14.5. The standard InChI is InChI=1S/C11H16N2O9S2/c1-5-4-8(14)13(11(16)9(5)10(12)15)6(2)23(17,18)7(3)22-24(19,20)21/h4,6-7,16H,1-3H3,(H2,12,15)(H,19,20,21). The van der Waals surface area contributed by atoms with Gasteiger partial charge in [0.25, 0.3) is 11.5 Å². The third-order valence-corrected chi connectivity index (χ3v) is 6.07. The van der Waals surface area contributed by atoms with Crippen molar-refractivity contribution in [1.29, 1.82) is 0 Å². The molecule has 13 heteroatoms. The molecule has 0 radical (unpaired) electrons. The normalized spacial score (nSPS) is 15.0. The van der Waals surface area contributed by atoms with Gasteiger partial charge in [-0.15, -0.1) is 0 Å². The fourth-order valence-electron chi connectivity index (χ4n) is 2.03. The Morgan fingerprint density at radius 2 is 1.79 bits per heavy atom. The Morgan fingerprint density at radius 3 is 2.21 bits per heavy atom. The molecule has 136 valence electrons. The minimum Gasteiger partial charge on any atom is -0.494 e. The second-order valence-electron chi connectivity index (χ2n) is 4.88. The molecular formula is C11H16N2O9S2. The van der Waals surface area contributed by atoms with Crippen molar-refractivity contribution >= 4 is 26.1 Å². The molecule has 0 saturated carbocycles. The molecule has 1 heterocycles. The van der Waals surface area contributed by atoms with E-state index in [2.05, 4.69) is 4.18 Å². The van der Waals surface area contributed by atoms with Gasteiger partial charge in [0.05, 0.1) is 0 Å². The molecule has 0 aliphatic heterocycles. The molecule has 2 unspecified atom stereocenters. The number of nitrogens with two attached hydrogens (primary N) is 1. The van der Waals surface area contributed by atoms with Crippen molar-refractivity contribution in [3.8, 4) is 5.88 Å². The van der Waals surface area contributed by atoms with Crippen molar-refractivity contribution in [3.05, 3.63) is 27.5 Å². The molecule has 1 aromatic rings. The number of pyridine rings is 1. The molecule has 0 fully saturated rings. The number of aromatic hydroxyl groups is 1. The number of hydrogen-bond acceptors (Lipinski definition) is 8. The van der Waals surface area contributed by atoms with Gasteiger partial charge in [0.1, 0.15) is 10.9 Å². The summed E-state index contributed by atoms with van der Waals surface area (Å²) in [6, 6.07) is 0.889. The molecule has 1 aromatic heterocycles. The van der Waals surface area contributed by atoms with E-state index >= 15 is 0 Å². The van der Waals surface area contributed by atoms with E-state index in [0.717, 1.165) is 19.9 Å². The Morgan fingerprint density at radius 1 is 1.29 bits per heavy atom. The third-order valence-electron chi connectivity index (χ3n) is 3.23. The van der Waals surface area contributed by atoms with Crippen molar-refractivity contribution in [1.82, 2.24) is 4.57 Å². The van der Waals surface area contributed by atoms with E-state index in [4.69, 9.17) is 10.3 Å². The maximum atomic E-state index is 12.3. The minimum atomic E-state index is -5.07. The van der Waals surface area contributed by atoms with Crippen LogP contribution < -0.4 is 11.3 Å². The number of hydrogen-bond donors (Lipinski definition) is 3. The molecule has 0 aliphatic carbocycles. The number of carbonyl (C=O) groups is 1. The van der Waals surface area contributed by atoms with Gasteiger partial charge >= 0.3 is 10.4 Å². The topological polar surface area (TPSA) is 183 Å². The zero-order chi connectivity index (χ0) is 19.0. The molecule has 0 bridgehead atoms. The van der Waals surface area contributed by atoms with Gasteiger partial charge in [-0.1, -0.05) is 0 Å². The van der Waals surface area contributed by atoms with E-state index in [1.807, 2.05) is 0 Å². The van der Waals surface area contributed by atoms with Crippen LogP contribution in [-0.2, 0) is 24.4 Å². The predicted molar refractivity (Wildman–Crippen MR) is 81.3 cm³/mol. The van der Waals surface area contributed by atoms with E-state index in [9.17, 15) is 31.5 Å². The highest BCUT2D eigenvalue weighted by atomic mass is 32.3. The summed E-state index contributed by atoms with van der Waals surface area (Å²) in [6.07, 6.45) is 0. The molecule has 1 amide bonds. The summed E-state index contributed by atoms with van der Waals surface area (Å²) in [5, 5.41) is 8.24. The number of rotatable bonds is 6. The zero-order valence-electron chi connectivity index (χ0n) is 12.8. The summed E-state index contributed by atoms with van der Waals surface area (Å²) in [7, 11) is -9.61. The smallest absolute Gasteiger partial charge is 0.398 e. The van der Waals surface area contributed by atoms with Gasteiger partial charge < -0.3 is 10.8 Å². The highest BCUT2D eigenvalue weighted by Gasteiger charge is 2.35. The van der Waals surface area contributed by atoms with Gasteiger partial charge in [0.2, 0.25) is 5.88 Å². The summed E-state index contributed by atoms with van der Waals surface area (Å²) < 4.78 is 58.8. The SMILES string of the molecule is Cc1cc(=O)n(C(C)S(=O)(=O)C(C)OS(=O)(=O)O)c(O)c1C(N)=O. The number of aryl methyl sites for hydroxylation is 1. The third kappa shape index (κ3) is 3.92. The fourth-order valence-corrected chi connectivity index (χ4v) is 4.16. The van der Waals surface area contributed by atoms with Crippen LogP contribution in [0.25, 0.3) is 0 Å². The van der Waals surface area contributed by atoms with Crippen molar-refractivity contribution in [2.24, 2.45) is 5.73 Å². The molecular weight excluding hydrogens is 368 g/mol.